The second-order valence-electron chi connectivity index (χ2n) is 5.02. The van der Waals surface area contributed by atoms with E-state index in [1.54, 1.807) is 31.2 Å². The molecule has 1 amide bonds. The van der Waals surface area contributed by atoms with Crippen molar-refractivity contribution < 1.29 is 13.6 Å². The van der Waals surface area contributed by atoms with Gasteiger partial charge in [0.1, 0.15) is 0 Å². The Bertz CT molecular complexity index is 756. The quantitative estimate of drug-likeness (QED) is 0.891. The minimum absolute atomic E-state index is 0.00303. The van der Waals surface area contributed by atoms with Gasteiger partial charge >= 0.3 is 0 Å². The molecule has 0 saturated heterocycles. The fraction of sp³-hybridized carbons (Fsp3) is 0.176. The van der Waals surface area contributed by atoms with Crippen molar-refractivity contribution in [3.8, 4) is 6.07 Å². The third kappa shape index (κ3) is 4.59. The number of benzene rings is 2. The summed E-state index contributed by atoms with van der Waals surface area (Å²) in [5.41, 5.74) is 1.52. The Morgan fingerprint density at radius 3 is 2.70 bits per heavy atom. The van der Waals surface area contributed by atoms with Gasteiger partial charge in [-0.1, -0.05) is 12.1 Å². The number of hydrogen-bond acceptors (Lipinski definition) is 3. The molecule has 118 valence electrons. The number of anilines is 1. The zero-order chi connectivity index (χ0) is 16.8. The van der Waals surface area contributed by atoms with E-state index < -0.39 is 11.6 Å². The van der Waals surface area contributed by atoms with E-state index in [2.05, 4.69) is 10.6 Å². The lowest BCUT2D eigenvalue weighted by atomic mass is 10.1. The molecule has 0 spiro atoms. The highest BCUT2D eigenvalue weighted by atomic mass is 19.2. The standard InChI is InChI=1S/C17H15F2N3O/c1-11(13-5-6-15(18)16(19)8-13)21-10-17(23)22-14-4-2-3-12(7-14)9-20/h2-8,11,21H,10H2,1H3,(H,22,23)/t11-/m0/s1. The van der Waals surface area contributed by atoms with Gasteiger partial charge < -0.3 is 10.6 Å². The summed E-state index contributed by atoms with van der Waals surface area (Å²) in [4.78, 5) is 11.9. The predicted molar refractivity (Wildman–Crippen MR) is 82.6 cm³/mol. The Morgan fingerprint density at radius 1 is 1.22 bits per heavy atom. The molecular weight excluding hydrogens is 300 g/mol. The van der Waals surface area contributed by atoms with E-state index in [-0.39, 0.29) is 18.5 Å². The van der Waals surface area contributed by atoms with Crippen molar-refractivity contribution in [2.75, 3.05) is 11.9 Å². The molecule has 0 aliphatic rings. The maximum Gasteiger partial charge on any atom is 0.238 e. The van der Waals surface area contributed by atoms with E-state index >= 15 is 0 Å². The largest absolute Gasteiger partial charge is 0.325 e. The number of carbonyl (C=O) groups is 1. The van der Waals surface area contributed by atoms with Gasteiger partial charge in [0, 0.05) is 11.7 Å². The van der Waals surface area contributed by atoms with Gasteiger partial charge in [0.25, 0.3) is 0 Å². The van der Waals surface area contributed by atoms with Crippen LogP contribution in [0.3, 0.4) is 0 Å². The van der Waals surface area contributed by atoms with Gasteiger partial charge in [-0.25, -0.2) is 8.78 Å². The molecule has 2 aromatic rings. The Balaban J connectivity index is 1.90. The minimum atomic E-state index is -0.922. The number of hydrogen-bond donors (Lipinski definition) is 2. The smallest absolute Gasteiger partial charge is 0.238 e. The molecular formula is C17H15F2N3O. The second-order valence-corrected chi connectivity index (χ2v) is 5.02. The molecule has 23 heavy (non-hydrogen) atoms. The monoisotopic (exact) mass is 315 g/mol. The van der Waals surface area contributed by atoms with Crippen molar-refractivity contribution in [1.29, 1.82) is 5.26 Å². The average molecular weight is 315 g/mol. The number of nitriles is 1. The van der Waals surface area contributed by atoms with E-state index in [4.69, 9.17) is 5.26 Å². The van der Waals surface area contributed by atoms with Crippen LogP contribution in [0.1, 0.15) is 24.1 Å². The normalized spacial score (nSPS) is 11.6. The summed E-state index contributed by atoms with van der Waals surface area (Å²) < 4.78 is 26.1. The fourth-order valence-corrected chi connectivity index (χ4v) is 2.02. The number of amides is 1. The van der Waals surface area contributed by atoms with Crippen LogP contribution in [0.2, 0.25) is 0 Å². The number of carbonyl (C=O) groups excluding carboxylic acids is 1. The number of nitrogens with zero attached hydrogens (tertiary/aromatic N) is 1. The molecule has 0 heterocycles. The minimum Gasteiger partial charge on any atom is -0.325 e. The van der Waals surface area contributed by atoms with Crippen LogP contribution < -0.4 is 10.6 Å². The predicted octanol–water partition coefficient (Wildman–Crippen LogP) is 3.13. The lowest BCUT2D eigenvalue weighted by molar-refractivity contribution is -0.115. The summed E-state index contributed by atoms with van der Waals surface area (Å²) in [5.74, 6) is -2.13. The molecule has 0 fully saturated rings. The van der Waals surface area contributed by atoms with Crippen LogP contribution in [0, 0.1) is 23.0 Å². The molecule has 0 aliphatic heterocycles. The van der Waals surface area contributed by atoms with Gasteiger partial charge in [-0.15, -0.1) is 0 Å². The molecule has 2 rings (SSSR count). The summed E-state index contributed by atoms with van der Waals surface area (Å²) in [6.45, 7) is 1.74. The molecule has 6 heteroatoms. The van der Waals surface area contributed by atoms with Crippen molar-refractivity contribution in [2.24, 2.45) is 0 Å². The van der Waals surface area contributed by atoms with E-state index in [0.717, 1.165) is 12.1 Å². The lowest BCUT2D eigenvalue weighted by Crippen LogP contribution is -2.30. The molecule has 4 nitrogen and oxygen atoms in total. The van der Waals surface area contributed by atoms with Crippen molar-refractivity contribution in [3.63, 3.8) is 0 Å². The van der Waals surface area contributed by atoms with Crippen molar-refractivity contribution in [1.82, 2.24) is 5.32 Å². The average Bonchev–Trinajstić information content (AvgIpc) is 2.55. The van der Waals surface area contributed by atoms with Crippen molar-refractivity contribution in [3.05, 3.63) is 65.2 Å². The van der Waals surface area contributed by atoms with Gasteiger partial charge in [-0.2, -0.15) is 5.26 Å². The second kappa shape index (κ2) is 7.47. The Morgan fingerprint density at radius 2 is 2.00 bits per heavy atom. The highest BCUT2D eigenvalue weighted by molar-refractivity contribution is 5.92. The summed E-state index contributed by atoms with van der Waals surface area (Å²) in [6, 6.07) is 11.8. The topological polar surface area (TPSA) is 64.9 Å². The molecule has 0 saturated carbocycles. The molecule has 0 bridgehead atoms. The maximum absolute atomic E-state index is 13.2. The van der Waals surface area contributed by atoms with Gasteiger partial charge in [0.05, 0.1) is 18.2 Å². The van der Waals surface area contributed by atoms with Crippen molar-refractivity contribution in [2.45, 2.75) is 13.0 Å². The summed E-state index contributed by atoms with van der Waals surface area (Å²) >= 11 is 0. The Hall–Kier alpha value is -2.78. The van der Waals surface area contributed by atoms with E-state index in [0.29, 0.717) is 16.8 Å². The van der Waals surface area contributed by atoms with Crippen LogP contribution in [0.25, 0.3) is 0 Å². The number of rotatable bonds is 5. The van der Waals surface area contributed by atoms with E-state index in [1.165, 1.54) is 6.07 Å². The van der Waals surface area contributed by atoms with E-state index in [1.807, 2.05) is 6.07 Å². The Labute approximate surface area is 132 Å². The molecule has 0 aromatic heterocycles. The van der Waals surface area contributed by atoms with Gasteiger partial charge in [0.15, 0.2) is 11.6 Å². The molecule has 0 unspecified atom stereocenters. The summed E-state index contributed by atoms with van der Waals surface area (Å²) in [7, 11) is 0. The van der Waals surface area contributed by atoms with Crippen LogP contribution in [0.4, 0.5) is 14.5 Å². The highest BCUT2D eigenvalue weighted by Crippen LogP contribution is 2.16. The molecule has 0 aliphatic carbocycles. The van der Waals surface area contributed by atoms with Crippen LogP contribution >= 0.6 is 0 Å². The molecule has 2 N–H and O–H groups in total. The third-order valence-corrected chi connectivity index (χ3v) is 3.29. The first-order chi connectivity index (χ1) is 11.0. The lowest BCUT2D eigenvalue weighted by Gasteiger charge is -2.14. The highest BCUT2D eigenvalue weighted by Gasteiger charge is 2.11. The third-order valence-electron chi connectivity index (χ3n) is 3.29. The van der Waals surface area contributed by atoms with Gasteiger partial charge in [-0.3, -0.25) is 4.79 Å². The summed E-state index contributed by atoms with van der Waals surface area (Å²) in [5, 5.41) is 14.4. The molecule has 1 atom stereocenters. The maximum atomic E-state index is 13.2. The molecule has 2 aromatic carbocycles. The number of halogens is 2. The van der Waals surface area contributed by atoms with Crippen LogP contribution in [0.15, 0.2) is 42.5 Å². The SMILES string of the molecule is C[C@H](NCC(=O)Nc1cccc(C#N)c1)c1ccc(F)c(F)c1. The zero-order valence-corrected chi connectivity index (χ0v) is 12.4. The van der Waals surface area contributed by atoms with Gasteiger partial charge in [0.2, 0.25) is 5.91 Å². The first-order valence-corrected chi connectivity index (χ1v) is 6.98. The summed E-state index contributed by atoms with van der Waals surface area (Å²) in [6.07, 6.45) is 0. The first kappa shape index (κ1) is 16.6. The Kier molecular flexibility index (Phi) is 5.39. The molecule has 0 radical (unpaired) electrons. The van der Waals surface area contributed by atoms with Crippen LogP contribution in [-0.4, -0.2) is 12.5 Å². The van der Waals surface area contributed by atoms with Gasteiger partial charge in [-0.05, 0) is 42.8 Å². The first-order valence-electron chi connectivity index (χ1n) is 6.98. The number of nitrogens with one attached hydrogen (secondary N) is 2. The van der Waals surface area contributed by atoms with Crippen LogP contribution in [-0.2, 0) is 4.79 Å². The van der Waals surface area contributed by atoms with E-state index in [9.17, 15) is 13.6 Å². The fourth-order valence-electron chi connectivity index (χ4n) is 2.02. The van der Waals surface area contributed by atoms with Crippen molar-refractivity contribution >= 4 is 11.6 Å². The zero-order valence-electron chi connectivity index (χ0n) is 12.4. The van der Waals surface area contributed by atoms with Crippen LogP contribution in [0.5, 0.6) is 0 Å².